The summed E-state index contributed by atoms with van der Waals surface area (Å²) in [4.78, 5) is 15.9. The summed E-state index contributed by atoms with van der Waals surface area (Å²) in [6.07, 6.45) is 0. The summed E-state index contributed by atoms with van der Waals surface area (Å²) in [5.41, 5.74) is 1.95. The molecule has 106 valence electrons. The molecule has 0 aliphatic carbocycles. The van der Waals surface area contributed by atoms with Crippen LogP contribution in [0.4, 0.5) is 0 Å². The van der Waals surface area contributed by atoms with Crippen LogP contribution >= 0.6 is 15.9 Å². The Morgan fingerprint density at radius 3 is 2.90 bits per heavy atom. The number of hydrogen-bond acceptors (Lipinski definition) is 5. The largest absolute Gasteiger partial charge is 0.465 e. The van der Waals surface area contributed by atoms with Gasteiger partial charge < -0.3 is 9.26 Å². The fraction of sp³-hybridized carbons (Fsp3) is 0.357. The third kappa shape index (κ3) is 3.07. The quantitative estimate of drug-likeness (QED) is 0.798. The molecule has 1 aromatic heterocycles. The second-order valence-electron chi connectivity index (χ2n) is 4.39. The molecule has 0 fully saturated rings. The maximum absolute atomic E-state index is 11.6. The predicted molar refractivity (Wildman–Crippen MR) is 77.2 cm³/mol. The van der Waals surface area contributed by atoms with Crippen LogP contribution in [0.3, 0.4) is 0 Å². The van der Waals surface area contributed by atoms with Gasteiger partial charge in [-0.2, -0.15) is 4.98 Å². The molecule has 1 heterocycles. The number of halogens is 1. The van der Waals surface area contributed by atoms with Gasteiger partial charge in [0.15, 0.2) is 0 Å². The van der Waals surface area contributed by atoms with Crippen molar-refractivity contribution >= 4 is 21.9 Å². The maximum atomic E-state index is 11.6. The van der Waals surface area contributed by atoms with E-state index in [1.165, 1.54) is 0 Å². The van der Waals surface area contributed by atoms with Gasteiger partial charge in [0, 0.05) is 10.0 Å². The summed E-state index contributed by atoms with van der Waals surface area (Å²) in [7, 11) is 0. The smallest absolute Gasteiger partial charge is 0.318 e. The van der Waals surface area contributed by atoms with Crippen LogP contribution in [-0.2, 0) is 9.53 Å². The second-order valence-corrected chi connectivity index (χ2v) is 5.25. The number of rotatable bonds is 4. The molecule has 6 heteroatoms. The Bertz CT molecular complexity index is 625. The summed E-state index contributed by atoms with van der Waals surface area (Å²) in [5.74, 6) is -0.218. The van der Waals surface area contributed by atoms with Gasteiger partial charge in [0.25, 0.3) is 0 Å². The lowest BCUT2D eigenvalue weighted by Crippen LogP contribution is -2.13. The standard InChI is InChI=1S/C14H15BrN2O3/c1-4-19-14(18)9(3)13-16-12(17-20-13)10-6-5-8(2)11(15)7-10/h5-7,9H,4H2,1-3H3. The van der Waals surface area contributed by atoms with Gasteiger partial charge in [0.05, 0.1) is 6.61 Å². The number of hydrogen-bond donors (Lipinski definition) is 0. The van der Waals surface area contributed by atoms with E-state index in [9.17, 15) is 4.79 Å². The third-order valence-corrected chi connectivity index (χ3v) is 3.74. The highest BCUT2D eigenvalue weighted by atomic mass is 79.9. The van der Waals surface area contributed by atoms with Crippen LogP contribution in [0, 0.1) is 6.92 Å². The molecule has 0 saturated heterocycles. The molecule has 0 saturated carbocycles. The van der Waals surface area contributed by atoms with E-state index in [1.54, 1.807) is 13.8 Å². The van der Waals surface area contributed by atoms with Gasteiger partial charge in [-0.15, -0.1) is 0 Å². The first kappa shape index (κ1) is 14.7. The van der Waals surface area contributed by atoms with Gasteiger partial charge in [-0.25, -0.2) is 0 Å². The first-order valence-electron chi connectivity index (χ1n) is 6.29. The van der Waals surface area contributed by atoms with Crippen molar-refractivity contribution in [3.63, 3.8) is 0 Å². The van der Waals surface area contributed by atoms with Crippen molar-refractivity contribution in [3.05, 3.63) is 34.1 Å². The van der Waals surface area contributed by atoms with E-state index in [0.29, 0.717) is 12.4 Å². The molecule has 20 heavy (non-hydrogen) atoms. The normalized spacial score (nSPS) is 12.2. The lowest BCUT2D eigenvalue weighted by Gasteiger charge is -2.04. The molecule has 0 bridgehead atoms. The Hall–Kier alpha value is -1.69. The van der Waals surface area contributed by atoms with Crippen LogP contribution in [0.1, 0.15) is 31.2 Å². The zero-order valence-corrected chi connectivity index (χ0v) is 13.1. The monoisotopic (exact) mass is 338 g/mol. The Morgan fingerprint density at radius 1 is 1.50 bits per heavy atom. The SMILES string of the molecule is CCOC(=O)C(C)c1nc(-c2ccc(C)c(Br)c2)no1. The van der Waals surface area contributed by atoms with E-state index in [4.69, 9.17) is 9.26 Å². The minimum Gasteiger partial charge on any atom is -0.465 e. The number of aryl methyl sites for hydroxylation is 1. The number of ether oxygens (including phenoxy) is 1. The van der Waals surface area contributed by atoms with E-state index < -0.39 is 5.92 Å². The molecule has 2 rings (SSSR count). The molecule has 0 radical (unpaired) electrons. The van der Waals surface area contributed by atoms with Gasteiger partial charge in [0.1, 0.15) is 5.92 Å². The molecule has 1 atom stereocenters. The summed E-state index contributed by atoms with van der Waals surface area (Å²) < 4.78 is 11.0. The van der Waals surface area contributed by atoms with E-state index in [0.717, 1.165) is 15.6 Å². The zero-order chi connectivity index (χ0) is 14.7. The Balaban J connectivity index is 2.24. The molecular formula is C14H15BrN2O3. The highest BCUT2D eigenvalue weighted by molar-refractivity contribution is 9.10. The third-order valence-electron chi connectivity index (χ3n) is 2.88. The number of esters is 1. The maximum Gasteiger partial charge on any atom is 0.318 e. The minimum atomic E-state index is -0.565. The minimum absolute atomic E-state index is 0.259. The number of aromatic nitrogens is 2. The van der Waals surface area contributed by atoms with Crippen molar-refractivity contribution in [1.82, 2.24) is 10.1 Å². The molecule has 5 nitrogen and oxygen atoms in total. The van der Waals surface area contributed by atoms with Crippen molar-refractivity contribution < 1.29 is 14.1 Å². The van der Waals surface area contributed by atoms with E-state index >= 15 is 0 Å². The van der Waals surface area contributed by atoms with Crippen LogP contribution in [0.5, 0.6) is 0 Å². The van der Waals surface area contributed by atoms with Gasteiger partial charge in [-0.05, 0) is 32.4 Å². The summed E-state index contributed by atoms with van der Waals surface area (Å²) in [6, 6.07) is 5.78. The van der Waals surface area contributed by atoms with Crippen molar-refractivity contribution in [1.29, 1.82) is 0 Å². The van der Waals surface area contributed by atoms with E-state index in [1.807, 2.05) is 25.1 Å². The number of nitrogens with zero attached hydrogens (tertiary/aromatic N) is 2. The molecular weight excluding hydrogens is 324 g/mol. The Morgan fingerprint density at radius 2 is 2.25 bits per heavy atom. The fourth-order valence-corrected chi connectivity index (χ4v) is 2.01. The first-order chi connectivity index (χ1) is 9.52. The Kier molecular flexibility index (Phi) is 4.54. The average molecular weight is 339 g/mol. The number of carbonyl (C=O) groups excluding carboxylic acids is 1. The van der Waals surface area contributed by atoms with Crippen LogP contribution in [0.15, 0.2) is 27.2 Å². The molecule has 0 aliphatic heterocycles. The molecule has 1 unspecified atom stereocenters. The highest BCUT2D eigenvalue weighted by Crippen LogP contribution is 2.25. The molecule has 2 aromatic rings. The van der Waals surface area contributed by atoms with Crippen molar-refractivity contribution in [3.8, 4) is 11.4 Å². The van der Waals surface area contributed by atoms with Crippen LogP contribution in [-0.4, -0.2) is 22.7 Å². The van der Waals surface area contributed by atoms with Crippen LogP contribution in [0.25, 0.3) is 11.4 Å². The second kappa shape index (κ2) is 6.17. The van der Waals surface area contributed by atoms with Gasteiger partial charge in [0.2, 0.25) is 11.7 Å². The topological polar surface area (TPSA) is 65.2 Å². The fourth-order valence-electron chi connectivity index (χ4n) is 1.63. The van der Waals surface area contributed by atoms with Crippen LogP contribution in [0.2, 0.25) is 0 Å². The van der Waals surface area contributed by atoms with Crippen molar-refractivity contribution in [2.24, 2.45) is 0 Å². The van der Waals surface area contributed by atoms with Crippen LogP contribution < -0.4 is 0 Å². The average Bonchev–Trinajstić information content (AvgIpc) is 2.91. The Labute approximate surface area is 125 Å². The number of benzene rings is 1. The predicted octanol–water partition coefficient (Wildman–Crippen LogP) is 3.47. The van der Waals surface area contributed by atoms with Crippen molar-refractivity contribution in [2.45, 2.75) is 26.7 Å². The molecule has 0 spiro atoms. The highest BCUT2D eigenvalue weighted by Gasteiger charge is 2.23. The van der Waals surface area contributed by atoms with Crippen molar-refractivity contribution in [2.75, 3.05) is 6.61 Å². The lowest BCUT2D eigenvalue weighted by molar-refractivity contribution is -0.145. The zero-order valence-electron chi connectivity index (χ0n) is 11.5. The first-order valence-corrected chi connectivity index (χ1v) is 7.09. The van der Waals surface area contributed by atoms with Gasteiger partial charge in [-0.1, -0.05) is 33.2 Å². The van der Waals surface area contributed by atoms with E-state index in [-0.39, 0.29) is 11.9 Å². The van der Waals surface area contributed by atoms with Gasteiger partial charge >= 0.3 is 5.97 Å². The summed E-state index contributed by atoms with van der Waals surface area (Å²) in [5, 5.41) is 3.91. The molecule has 0 amide bonds. The van der Waals surface area contributed by atoms with E-state index in [2.05, 4.69) is 26.1 Å². The summed E-state index contributed by atoms with van der Waals surface area (Å²) in [6.45, 7) is 5.77. The molecule has 1 aromatic carbocycles. The summed E-state index contributed by atoms with van der Waals surface area (Å²) >= 11 is 3.46. The number of carbonyl (C=O) groups is 1. The van der Waals surface area contributed by atoms with Gasteiger partial charge in [-0.3, -0.25) is 4.79 Å². The molecule has 0 N–H and O–H groups in total. The molecule has 0 aliphatic rings. The lowest BCUT2D eigenvalue weighted by atomic mass is 10.1.